The molecule has 4 rings (SSSR count). The molecule has 4 bridgehead atoms. The second-order valence-corrected chi connectivity index (χ2v) is 32.0. The summed E-state index contributed by atoms with van der Waals surface area (Å²) in [5, 5.41) is 58.0. The van der Waals surface area contributed by atoms with Crippen LogP contribution in [0.4, 0.5) is 0 Å². The van der Waals surface area contributed by atoms with E-state index in [0.717, 1.165) is 23.5 Å². The molecule has 628 valence electrons. The topological polar surface area (TPSA) is 641 Å². The minimum atomic E-state index is -2.09. The highest BCUT2D eigenvalue weighted by Gasteiger charge is 2.42. The van der Waals surface area contributed by atoms with Gasteiger partial charge in [0.15, 0.2) is 17.7 Å². The second kappa shape index (κ2) is 48.2. The number of aliphatic carboxylic acids is 3. The lowest BCUT2D eigenvalue weighted by Crippen LogP contribution is -2.61. The second-order valence-electron chi connectivity index (χ2n) is 28.9. The van der Waals surface area contributed by atoms with E-state index >= 15 is 4.79 Å². The fourth-order valence-electron chi connectivity index (χ4n) is 12.5. The lowest BCUT2D eigenvalue weighted by molar-refractivity contribution is -0.144. The predicted molar refractivity (Wildman–Crippen MR) is 420 cm³/mol. The Morgan fingerprint density at radius 3 is 1.61 bits per heavy atom. The summed E-state index contributed by atoms with van der Waals surface area (Å²) in [5.74, 6) is -22.1. The quantitative estimate of drug-likeness (QED) is 0.0287. The van der Waals surface area contributed by atoms with Gasteiger partial charge in [-0.2, -0.15) is 35.3 Å². The van der Waals surface area contributed by atoms with Crippen LogP contribution in [0.25, 0.3) is 0 Å². The Morgan fingerprint density at radius 2 is 1.05 bits per heavy atom. The number of benzene rings is 1. The first-order valence-electron chi connectivity index (χ1n) is 37.3. The first kappa shape index (κ1) is 95.4. The molecule has 0 radical (unpaired) electrons. The summed E-state index contributed by atoms with van der Waals surface area (Å²) in [4.78, 5) is 247. The van der Waals surface area contributed by atoms with Crippen molar-refractivity contribution in [1.82, 2.24) is 63.4 Å². The number of ketones is 1. The van der Waals surface area contributed by atoms with Crippen LogP contribution >= 0.6 is 35.3 Å². The molecule has 13 atom stereocenters. The van der Waals surface area contributed by atoms with Gasteiger partial charge in [0.25, 0.3) is 0 Å². The van der Waals surface area contributed by atoms with E-state index < -0.39 is 223 Å². The van der Waals surface area contributed by atoms with E-state index in [4.69, 9.17) is 28.7 Å². The minimum Gasteiger partial charge on any atom is -0.481 e. The number of aliphatic imine (C=N–C) groups is 2. The van der Waals surface area contributed by atoms with Crippen molar-refractivity contribution < 1.29 is 96.8 Å². The van der Waals surface area contributed by atoms with Crippen LogP contribution in [0.5, 0.6) is 0 Å². The molecule has 3 aliphatic rings. The molecule has 113 heavy (non-hydrogen) atoms. The number of nitrogens with two attached hydrogens (primary N) is 5. The lowest BCUT2D eigenvalue weighted by atomic mass is 9.89. The standard InChI is InChI=1S/C71H111N19O20S3/c1-8-37(6)58-67(107)82-44(19-35(2)3)53(92)24-42(13-9-10-16-77-70(73)74)68(108)90-18-12-15-52(90)66(106)86-46(25-54(72)93)62(102)87-50-33-112-30-40-21-39(29-111-32-49(65(105)89-58)80-38(7)91)22-41(23-40)31-113-34-51(69(109)110)88-60(100)43(14-11-17-78-71(75)76)81-55(94)28-79-59(99)47(26-56(95)96)84-61(101)45(20-36(4)5)83-63(103)48(27-57(97)98)85-64(50)104/h21-23,35-37,42-52,58H,8-20,24-34H2,1-7H3,(H2,72,93)(H,79,99)(H,80,91)(H,81,94)(H,82,107)(H,83,103)(H,84,101)(H,85,104)(H,86,106)(H,87,102)(H,88,100)(H,89,105)(H,95,96)(H,97,98)(H,109,110)(H4,73,74,77)(H4,75,76,78)/t37-,42-,43-,44-,45-,46-,47+,48+,49+,50+,51+,52-,58-/m1/s1. The normalized spacial score (nSPS) is 25.0. The highest BCUT2D eigenvalue weighted by atomic mass is 32.2. The van der Waals surface area contributed by atoms with Gasteiger partial charge < -0.3 is 107 Å². The molecule has 42 heteroatoms. The van der Waals surface area contributed by atoms with Crippen molar-refractivity contribution in [1.29, 1.82) is 0 Å². The van der Waals surface area contributed by atoms with Gasteiger partial charge in [0, 0.05) is 73.4 Å². The number of nitrogens with one attached hydrogen (secondary N) is 11. The van der Waals surface area contributed by atoms with E-state index in [1.54, 1.807) is 45.9 Å². The predicted octanol–water partition coefficient (Wildman–Crippen LogP) is -3.49. The van der Waals surface area contributed by atoms with Crippen molar-refractivity contribution in [3.63, 3.8) is 0 Å². The number of carboxylic acids is 3. The fourth-order valence-corrected chi connectivity index (χ4v) is 15.4. The number of unbranched alkanes of at least 4 members (excludes halogenated alkanes) is 1. The Kier molecular flexibility index (Phi) is 40.6. The number of hydrogen-bond acceptors (Lipinski definition) is 22. The molecule has 1 fully saturated rings. The average molecular weight is 1650 g/mol. The van der Waals surface area contributed by atoms with Crippen molar-refractivity contribution in [2.45, 2.75) is 222 Å². The number of carboxylic acid groups (broad SMARTS) is 3. The van der Waals surface area contributed by atoms with Crippen LogP contribution in [0.2, 0.25) is 0 Å². The maximum absolute atomic E-state index is 15.1. The molecule has 3 aliphatic heterocycles. The Bertz CT molecular complexity index is 3640. The van der Waals surface area contributed by atoms with E-state index in [2.05, 4.69) is 68.5 Å². The van der Waals surface area contributed by atoms with Crippen molar-refractivity contribution in [3.05, 3.63) is 34.9 Å². The minimum absolute atomic E-state index is 0.00403. The van der Waals surface area contributed by atoms with E-state index in [1.807, 2.05) is 13.8 Å². The van der Waals surface area contributed by atoms with Gasteiger partial charge in [-0.3, -0.25) is 86.7 Å². The number of carbonyl (C=O) groups is 17. The molecule has 1 saturated heterocycles. The van der Waals surface area contributed by atoms with Crippen LogP contribution in [0.15, 0.2) is 28.2 Å². The average Bonchev–Trinajstić information content (AvgIpc) is 1.73. The number of thioether (sulfide) groups is 3. The van der Waals surface area contributed by atoms with Crippen LogP contribution in [-0.4, -0.2) is 243 Å². The van der Waals surface area contributed by atoms with Gasteiger partial charge in [-0.1, -0.05) is 72.6 Å². The molecule has 0 aliphatic carbocycles. The number of nitrogens with zero attached hydrogens (tertiary/aromatic N) is 3. The van der Waals surface area contributed by atoms with E-state index in [9.17, 15) is 92.0 Å². The summed E-state index contributed by atoms with van der Waals surface area (Å²) >= 11 is 3.19. The van der Waals surface area contributed by atoms with Crippen molar-refractivity contribution in [2.24, 2.45) is 62.3 Å². The van der Waals surface area contributed by atoms with Crippen LogP contribution in [0, 0.1) is 23.7 Å². The van der Waals surface area contributed by atoms with Gasteiger partial charge in [-0.05, 0) is 85.8 Å². The van der Waals surface area contributed by atoms with Gasteiger partial charge in [0.2, 0.25) is 76.8 Å². The SMILES string of the molecule is CC[C@@H](C)[C@H]1NC(=O)[C@@H](NC(C)=O)CSCc2cc3cc(c2)CSC[C@H](NC(=O)[C@@H](CC(N)=O)NC(=O)[C@H]2CCCN2C(=O)[C@H](CCCCN=C(N)N)CC(=O)[C@@H](CC(C)C)NC1=O)C(=O)N[C@@H](CC(=O)O)C(=O)N[C@H](CC(C)C)C(=O)N[C@@H](CC(=O)O)C(=O)NCC(=O)N[C@H](CCCN=C(N)N)C(=O)N[C@H](C(=O)O)CSC3. The fraction of sp³-hybridized carbons (Fsp3) is 0.648. The number of guanidine groups is 2. The third-order valence-corrected chi connectivity index (χ3v) is 21.6. The van der Waals surface area contributed by atoms with Gasteiger partial charge in [0.05, 0.1) is 31.8 Å². The Balaban J connectivity index is 2.01. The summed E-state index contributed by atoms with van der Waals surface area (Å²) < 4.78 is 0. The highest BCUT2D eigenvalue weighted by molar-refractivity contribution is 7.99. The molecular formula is C71H111N19O20S3. The largest absolute Gasteiger partial charge is 0.481 e. The van der Waals surface area contributed by atoms with Crippen LogP contribution in [0.1, 0.15) is 155 Å². The zero-order valence-electron chi connectivity index (χ0n) is 64.6. The van der Waals surface area contributed by atoms with Gasteiger partial charge >= 0.3 is 17.9 Å². The molecular weight excluding hydrogens is 1540 g/mol. The number of primary amides is 1. The van der Waals surface area contributed by atoms with Gasteiger partial charge in [0.1, 0.15) is 60.4 Å². The molecule has 0 unspecified atom stereocenters. The third-order valence-electron chi connectivity index (χ3n) is 18.2. The molecule has 0 aromatic heterocycles. The Labute approximate surface area is 667 Å². The lowest BCUT2D eigenvalue weighted by Gasteiger charge is -2.31. The zero-order chi connectivity index (χ0) is 84.3. The van der Waals surface area contributed by atoms with E-state index in [0.29, 0.717) is 29.5 Å². The maximum Gasteiger partial charge on any atom is 0.327 e. The Morgan fingerprint density at radius 1 is 0.549 bits per heavy atom. The van der Waals surface area contributed by atoms with Gasteiger partial charge in [-0.25, -0.2) is 4.79 Å². The number of rotatable bonds is 23. The number of carbonyl (C=O) groups excluding carboxylic acids is 14. The summed E-state index contributed by atoms with van der Waals surface area (Å²) in [6.45, 7) is 10.7. The van der Waals surface area contributed by atoms with Crippen LogP contribution in [0.3, 0.4) is 0 Å². The van der Waals surface area contributed by atoms with Crippen LogP contribution < -0.4 is 87.2 Å². The molecule has 1 aromatic rings. The summed E-state index contributed by atoms with van der Waals surface area (Å²) in [6, 6.07) is -12.5. The molecule has 0 saturated carbocycles. The number of fused-ring (bicyclic) bond motifs is 6. The highest BCUT2D eigenvalue weighted by Crippen LogP contribution is 2.28. The van der Waals surface area contributed by atoms with Crippen molar-refractivity contribution in [3.8, 4) is 0 Å². The molecule has 13 amide bonds. The smallest absolute Gasteiger partial charge is 0.327 e. The number of amides is 13. The summed E-state index contributed by atoms with van der Waals surface area (Å²) in [7, 11) is 0. The number of Topliss-reactive ketones (excluding diaryl/α,β-unsaturated/α-hetero) is 1. The van der Waals surface area contributed by atoms with Crippen molar-refractivity contribution in [2.75, 3.05) is 43.4 Å². The summed E-state index contributed by atoms with van der Waals surface area (Å²) in [5.41, 5.74) is 29.5. The van der Waals surface area contributed by atoms with Crippen LogP contribution in [-0.2, 0) is 98.8 Å². The van der Waals surface area contributed by atoms with Crippen molar-refractivity contribution >= 4 is 148 Å². The maximum atomic E-state index is 15.1. The Hall–Kier alpha value is -10.0. The van der Waals surface area contributed by atoms with E-state index in [-0.39, 0.29) is 118 Å². The molecule has 0 spiro atoms. The first-order chi connectivity index (χ1) is 53.2. The molecule has 3 heterocycles. The third kappa shape index (κ3) is 34.5. The van der Waals surface area contributed by atoms with Gasteiger partial charge in [-0.15, -0.1) is 0 Å². The van der Waals surface area contributed by atoms with E-state index in [1.165, 1.54) is 23.6 Å². The molecule has 24 N–H and O–H groups in total. The summed E-state index contributed by atoms with van der Waals surface area (Å²) in [6.07, 6.45) is -2.74. The molecule has 39 nitrogen and oxygen atoms in total. The monoisotopic (exact) mass is 1650 g/mol. The molecule has 1 aromatic carbocycles. The zero-order valence-corrected chi connectivity index (χ0v) is 67.0. The first-order valence-corrected chi connectivity index (χ1v) is 40.7. The number of hydrogen-bond donors (Lipinski definition) is 19.